The number of piperazine rings is 1. The first-order valence-corrected chi connectivity index (χ1v) is 8.26. The molecule has 2 atom stereocenters. The molecule has 1 aromatic carbocycles. The van der Waals surface area contributed by atoms with Crippen LogP contribution in [-0.4, -0.2) is 65.0 Å². The number of rotatable bonds is 4. The van der Waals surface area contributed by atoms with Gasteiger partial charge in [-0.15, -0.1) is 0 Å². The van der Waals surface area contributed by atoms with E-state index in [1.807, 2.05) is 0 Å². The predicted octanol–water partition coefficient (Wildman–Crippen LogP) is 0.109. The summed E-state index contributed by atoms with van der Waals surface area (Å²) in [5.41, 5.74) is 0.473. The summed E-state index contributed by atoms with van der Waals surface area (Å²) in [5, 5.41) is 12.6. The third-order valence-corrected chi connectivity index (χ3v) is 4.60. The van der Waals surface area contributed by atoms with E-state index >= 15 is 0 Å². The van der Waals surface area contributed by atoms with Gasteiger partial charge in [-0.25, -0.2) is 4.39 Å². The standard InChI is InChI=1S/C17H22FN3O3/c18-14-4-2-1-3-12(14)10-21-8-6-19-15(17(21)24)9-16(23)20-7-5-13(22)11-20/h1-4,13,15,19,22H,5-11H2. The third kappa shape index (κ3) is 3.73. The number of carbonyl (C=O) groups excluding carboxylic acids is 2. The van der Waals surface area contributed by atoms with Crippen LogP contribution < -0.4 is 5.32 Å². The first-order valence-electron chi connectivity index (χ1n) is 8.26. The van der Waals surface area contributed by atoms with Gasteiger partial charge in [0.15, 0.2) is 0 Å². The number of carbonyl (C=O) groups is 2. The molecule has 2 aliphatic rings. The molecule has 2 saturated heterocycles. The summed E-state index contributed by atoms with van der Waals surface area (Å²) in [4.78, 5) is 28.0. The molecule has 2 amide bonds. The smallest absolute Gasteiger partial charge is 0.240 e. The number of aliphatic hydroxyl groups excluding tert-OH is 1. The van der Waals surface area contributed by atoms with Gasteiger partial charge in [0.2, 0.25) is 11.8 Å². The second-order valence-corrected chi connectivity index (χ2v) is 6.34. The highest BCUT2D eigenvalue weighted by Gasteiger charge is 2.33. The Kier molecular flexibility index (Phi) is 5.11. The van der Waals surface area contributed by atoms with Gasteiger partial charge in [-0.2, -0.15) is 0 Å². The molecule has 7 heteroatoms. The number of hydrogen-bond acceptors (Lipinski definition) is 4. The first-order chi connectivity index (χ1) is 11.5. The van der Waals surface area contributed by atoms with Crippen molar-refractivity contribution >= 4 is 11.8 Å². The van der Waals surface area contributed by atoms with E-state index in [4.69, 9.17) is 0 Å². The number of benzene rings is 1. The van der Waals surface area contributed by atoms with Crippen molar-refractivity contribution in [2.24, 2.45) is 0 Å². The first kappa shape index (κ1) is 16.9. The maximum absolute atomic E-state index is 13.8. The van der Waals surface area contributed by atoms with Gasteiger partial charge in [0, 0.05) is 38.3 Å². The summed E-state index contributed by atoms with van der Waals surface area (Å²) in [6.07, 6.45) is 0.179. The lowest BCUT2D eigenvalue weighted by atomic mass is 10.1. The highest BCUT2D eigenvalue weighted by molar-refractivity contribution is 5.89. The topological polar surface area (TPSA) is 72.9 Å². The number of amides is 2. The maximum Gasteiger partial charge on any atom is 0.240 e. The predicted molar refractivity (Wildman–Crippen MR) is 85.4 cm³/mol. The van der Waals surface area contributed by atoms with Crippen LogP contribution in [0.5, 0.6) is 0 Å². The Balaban J connectivity index is 1.60. The minimum absolute atomic E-state index is 0.0688. The van der Waals surface area contributed by atoms with Gasteiger partial charge >= 0.3 is 0 Å². The van der Waals surface area contributed by atoms with E-state index in [2.05, 4.69) is 5.32 Å². The lowest BCUT2D eigenvalue weighted by molar-refractivity contribution is -0.141. The fourth-order valence-electron chi connectivity index (χ4n) is 3.21. The molecule has 2 unspecified atom stereocenters. The van der Waals surface area contributed by atoms with Crippen LogP contribution in [0.25, 0.3) is 0 Å². The van der Waals surface area contributed by atoms with Crippen LogP contribution >= 0.6 is 0 Å². The van der Waals surface area contributed by atoms with Crippen molar-refractivity contribution in [3.63, 3.8) is 0 Å². The molecular weight excluding hydrogens is 313 g/mol. The summed E-state index contributed by atoms with van der Waals surface area (Å²) in [6.45, 7) is 2.12. The number of hydrogen-bond donors (Lipinski definition) is 2. The number of halogens is 1. The largest absolute Gasteiger partial charge is 0.391 e. The number of likely N-dealkylation sites (tertiary alicyclic amines) is 1. The number of β-amino-alcohol motifs (C(OH)–C–C–N with tert-alkyl or cyclic N) is 1. The molecule has 2 fully saturated rings. The van der Waals surface area contributed by atoms with E-state index in [0.29, 0.717) is 38.2 Å². The Morgan fingerprint density at radius 1 is 1.33 bits per heavy atom. The quantitative estimate of drug-likeness (QED) is 0.819. The van der Waals surface area contributed by atoms with E-state index < -0.39 is 12.1 Å². The zero-order valence-corrected chi connectivity index (χ0v) is 13.4. The van der Waals surface area contributed by atoms with Gasteiger partial charge in [-0.05, 0) is 12.5 Å². The SMILES string of the molecule is O=C(CC1NCCN(Cc2ccccc2F)C1=O)N1CCC(O)C1. The molecule has 24 heavy (non-hydrogen) atoms. The second-order valence-electron chi connectivity index (χ2n) is 6.34. The Hall–Kier alpha value is -1.99. The molecule has 2 heterocycles. The van der Waals surface area contributed by atoms with Crippen molar-refractivity contribution in [1.82, 2.24) is 15.1 Å². The molecule has 2 N–H and O–H groups in total. The molecule has 0 saturated carbocycles. The molecule has 0 aliphatic carbocycles. The molecule has 0 aromatic heterocycles. The fraction of sp³-hybridized carbons (Fsp3) is 0.529. The van der Waals surface area contributed by atoms with Crippen molar-refractivity contribution < 1.29 is 19.1 Å². The molecule has 2 aliphatic heterocycles. The van der Waals surface area contributed by atoms with Gasteiger partial charge in [0.1, 0.15) is 5.82 Å². The van der Waals surface area contributed by atoms with Crippen LogP contribution in [0.2, 0.25) is 0 Å². The molecule has 0 bridgehead atoms. The van der Waals surface area contributed by atoms with E-state index in [9.17, 15) is 19.1 Å². The highest BCUT2D eigenvalue weighted by atomic mass is 19.1. The summed E-state index contributed by atoms with van der Waals surface area (Å²) in [6, 6.07) is 5.81. The van der Waals surface area contributed by atoms with Crippen molar-refractivity contribution in [1.29, 1.82) is 0 Å². The van der Waals surface area contributed by atoms with Gasteiger partial charge in [0.05, 0.1) is 18.6 Å². The number of nitrogens with zero attached hydrogens (tertiary/aromatic N) is 2. The number of aliphatic hydroxyl groups is 1. The summed E-state index contributed by atoms with van der Waals surface area (Å²) >= 11 is 0. The Bertz CT molecular complexity index is 625. The molecule has 6 nitrogen and oxygen atoms in total. The lowest BCUT2D eigenvalue weighted by Gasteiger charge is -2.33. The Morgan fingerprint density at radius 2 is 2.12 bits per heavy atom. The van der Waals surface area contributed by atoms with Crippen molar-refractivity contribution in [2.45, 2.75) is 31.5 Å². The summed E-state index contributed by atoms with van der Waals surface area (Å²) in [5.74, 6) is -0.648. The van der Waals surface area contributed by atoms with E-state index in [1.54, 1.807) is 28.0 Å². The minimum atomic E-state index is -0.587. The van der Waals surface area contributed by atoms with Crippen LogP contribution in [0.15, 0.2) is 24.3 Å². The van der Waals surface area contributed by atoms with Crippen LogP contribution in [-0.2, 0) is 16.1 Å². The van der Waals surface area contributed by atoms with E-state index in [-0.39, 0.29) is 30.6 Å². The van der Waals surface area contributed by atoms with E-state index in [0.717, 1.165) is 0 Å². The monoisotopic (exact) mass is 335 g/mol. The zero-order valence-electron chi connectivity index (χ0n) is 13.4. The Labute approximate surface area is 140 Å². The molecule has 1 aromatic rings. The molecule has 0 spiro atoms. The van der Waals surface area contributed by atoms with Gasteiger partial charge < -0.3 is 20.2 Å². The summed E-state index contributed by atoms with van der Waals surface area (Å²) < 4.78 is 13.8. The van der Waals surface area contributed by atoms with Crippen LogP contribution in [0.1, 0.15) is 18.4 Å². The summed E-state index contributed by atoms with van der Waals surface area (Å²) in [7, 11) is 0. The van der Waals surface area contributed by atoms with Gasteiger partial charge in [-0.3, -0.25) is 9.59 Å². The lowest BCUT2D eigenvalue weighted by Crippen LogP contribution is -2.56. The van der Waals surface area contributed by atoms with Crippen LogP contribution in [0.3, 0.4) is 0 Å². The molecule has 3 rings (SSSR count). The Morgan fingerprint density at radius 3 is 2.83 bits per heavy atom. The van der Waals surface area contributed by atoms with Crippen LogP contribution in [0.4, 0.5) is 4.39 Å². The fourth-order valence-corrected chi connectivity index (χ4v) is 3.21. The maximum atomic E-state index is 13.8. The second kappa shape index (κ2) is 7.27. The van der Waals surface area contributed by atoms with Crippen molar-refractivity contribution in [2.75, 3.05) is 26.2 Å². The average Bonchev–Trinajstić information content (AvgIpc) is 3.00. The van der Waals surface area contributed by atoms with Crippen molar-refractivity contribution in [3.8, 4) is 0 Å². The normalized spacial score (nSPS) is 24.5. The number of nitrogens with one attached hydrogen (secondary N) is 1. The average molecular weight is 335 g/mol. The third-order valence-electron chi connectivity index (χ3n) is 4.60. The van der Waals surface area contributed by atoms with Gasteiger partial charge in [0.25, 0.3) is 0 Å². The minimum Gasteiger partial charge on any atom is -0.391 e. The highest BCUT2D eigenvalue weighted by Crippen LogP contribution is 2.16. The molecule has 130 valence electrons. The van der Waals surface area contributed by atoms with Crippen molar-refractivity contribution in [3.05, 3.63) is 35.6 Å². The van der Waals surface area contributed by atoms with E-state index in [1.165, 1.54) is 6.07 Å². The zero-order chi connectivity index (χ0) is 17.1. The molecular formula is C17H22FN3O3. The molecule has 0 radical (unpaired) electrons. The van der Waals surface area contributed by atoms with Crippen LogP contribution in [0, 0.1) is 5.82 Å². The van der Waals surface area contributed by atoms with Gasteiger partial charge in [-0.1, -0.05) is 18.2 Å².